The molecule has 3 aliphatic heterocycles. The van der Waals surface area contributed by atoms with Crippen LogP contribution in [0.3, 0.4) is 0 Å². The number of hydrogen-bond donors (Lipinski definition) is 0. The Balaban J connectivity index is 1.34. The van der Waals surface area contributed by atoms with Crippen LogP contribution in [-0.4, -0.2) is 82.3 Å². The number of carbonyl (C=O) groups is 3. The molecule has 3 heterocycles. The number of carbonyl (C=O) groups excluding carboxylic acids is 3. The molecule has 3 aliphatic rings. The zero-order chi connectivity index (χ0) is 27.7. The molecule has 0 N–H and O–H groups in total. The van der Waals surface area contributed by atoms with Crippen molar-refractivity contribution in [2.24, 2.45) is 5.92 Å². The topological polar surface area (TPSA) is 107 Å². The Hall–Kier alpha value is -3.95. The van der Waals surface area contributed by atoms with Crippen molar-refractivity contribution in [1.82, 2.24) is 14.7 Å². The van der Waals surface area contributed by atoms with Crippen LogP contribution in [0.5, 0.6) is 0 Å². The lowest BCUT2D eigenvalue weighted by Crippen LogP contribution is -2.57. The number of hydrogen-bond acceptors (Lipinski definition) is 6. The van der Waals surface area contributed by atoms with E-state index in [0.29, 0.717) is 44.1 Å². The Morgan fingerprint density at radius 1 is 1.00 bits per heavy atom. The molecule has 2 aromatic rings. The molecule has 3 fully saturated rings. The second-order valence-corrected chi connectivity index (χ2v) is 11.1. The average molecular weight is 534 g/mol. The van der Waals surface area contributed by atoms with Gasteiger partial charge in [0.25, 0.3) is 17.5 Å². The third-order valence-electron chi connectivity index (χ3n) is 8.58. The van der Waals surface area contributed by atoms with Crippen LogP contribution in [0.1, 0.15) is 48.5 Å². The van der Waals surface area contributed by atoms with Crippen molar-refractivity contribution in [1.29, 1.82) is 0 Å². The average Bonchev–Trinajstić information content (AvgIpc) is 3.20. The number of nitrogens with zero attached hydrogens (tertiary/aromatic N) is 5. The van der Waals surface area contributed by atoms with E-state index in [1.54, 1.807) is 28.9 Å². The van der Waals surface area contributed by atoms with Gasteiger partial charge < -0.3 is 19.6 Å². The standard InChI is InChI=1S/C29H35N5O5/c1-21-10-14-30(15-11-21)26(35)19-32-20-33(24-6-4-3-5-7-24)29(28(32)37)12-16-31(17-13-29)27(36)23-9-8-22(2)25(18-23)34(38)39/h3-9,18,21H,10-17,19-20H2,1-2H3. The number of benzene rings is 2. The van der Waals surface area contributed by atoms with Gasteiger partial charge in [0.1, 0.15) is 12.1 Å². The maximum atomic E-state index is 14.0. The zero-order valence-electron chi connectivity index (χ0n) is 22.5. The number of anilines is 1. The van der Waals surface area contributed by atoms with Crippen LogP contribution < -0.4 is 4.90 Å². The molecule has 1 spiro atoms. The summed E-state index contributed by atoms with van der Waals surface area (Å²) in [6, 6.07) is 14.2. The zero-order valence-corrected chi connectivity index (χ0v) is 22.5. The summed E-state index contributed by atoms with van der Waals surface area (Å²) in [6.45, 7) is 6.33. The monoisotopic (exact) mass is 533 g/mol. The SMILES string of the molecule is Cc1ccc(C(=O)N2CCC3(CC2)C(=O)N(CC(=O)N2CCC(C)CC2)CN3c2ccccc2)cc1[N+](=O)[O-]. The fourth-order valence-electron chi connectivity index (χ4n) is 6.05. The molecule has 5 rings (SSSR count). The molecule has 10 nitrogen and oxygen atoms in total. The molecule has 0 bridgehead atoms. The summed E-state index contributed by atoms with van der Waals surface area (Å²) in [5.74, 6) is 0.228. The predicted octanol–water partition coefficient (Wildman–Crippen LogP) is 3.44. The lowest BCUT2D eigenvalue weighted by Gasteiger charge is -2.43. The molecule has 0 saturated carbocycles. The highest BCUT2D eigenvalue weighted by Crippen LogP contribution is 2.40. The number of aryl methyl sites for hydroxylation is 1. The molecule has 2 aromatic carbocycles. The largest absolute Gasteiger partial charge is 0.341 e. The minimum absolute atomic E-state index is 0.0195. The first kappa shape index (κ1) is 26.6. The van der Waals surface area contributed by atoms with Gasteiger partial charge in [0.2, 0.25) is 5.91 Å². The lowest BCUT2D eigenvalue weighted by atomic mass is 9.85. The number of nitro benzene ring substituents is 1. The van der Waals surface area contributed by atoms with Crippen LogP contribution in [0.25, 0.3) is 0 Å². The second kappa shape index (κ2) is 10.7. The molecule has 0 unspecified atom stereocenters. The van der Waals surface area contributed by atoms with Gasteiger partial charge in [-0.05, 0) is 56.7 Å². The highest BCUT2D eigenvalue weighted by molar-refractivity contribution is 5.98. The van der Waals surface area contributed by atoms with E-state index in [1.165, 1.54) is 6.07 Å². The van der Waals surface area contributed by atoms with E-state index in [4.69, 9.17) is 0 Å². The predicted molar refractivity (Wildman–Crippen MR) is 146 cm³/mol. The number of piperidine rings is 2. The van der Waals surface area contributed by atoms with E-state index in [2.05, 4.69) is 11.8 Å². The van der Waals surface area contributed by atoms with E-state index in [-0.39, 0.29) is 35.5 Å². The third-order valence-corrected chi connectivity index (χ3v) is 8.58. The summed E-state index contributed by atoms with van der Waals surface area (Å²) in [5, 5.41) is 11.4. The maximum absolute atomic E-state index is 14.0. The number of likely N-dealkylation sites (tertiary alicyclic amines) is 2. The van der Waals surface area contributed by atoms with Gasteiger partial charge in [0, 0.05) is 49.1 Å². The van der Waals surface area contributed by atoms with E-state index >= 15 is 0 Å². The third kappa shape index (κ3) is 5.07. The minimum Gasteiger partial charge on any atom is -0.341 e. The summed E-state index contributed by atoms with van der Waals surface area (Å²) in [7, 11) is 0. The molecule has 3 amide bonds. The van der Waals surface area contributed by atoms with Gasteiger partial charge in [-0.1, -0.05) is 31.2 Å². The highest BCUT2D eigenvalue weighted by Gasteiger charge is 2.54. The smallest absolute Gasteiger partial charge is 0.273 e. The molecule has 0 aliphatic carbocycles. The molecule has 3 saturated heterocycles. The normalized spacial score (nSPS) is 19.6. The number of amides is 3. The number of para-hydroxylation sites is 1. The van der Waals surface area contributed by atoms with Gasteiger partial charge in [-0.2, -0.15) is 0 Å². The minimum atomic E-state index is -0.853. The van der Waals surface area contributed by atoms with Gasteiger partial charge in [-0.25, -0.2) is 0 Å². The van der Waals surface area contributed by atoms with Crippen LogP contribution in [0, 0.1) is 23.0 Å². The Morgan fingerprint density at radius 3 is 2.31 bits per heavy atom. The number of rotatable bonds is 5. The van der Waals surface area contributed by atoms with E-state index in [9.17, 15) is 24.5 Å². The summed E-state index contributed by atoms with van der Waals surface area (Å²) in [4.78, 5) is 58.6. The fourth-order valence-corrected chi connectivity index (χ4v) is 6.05. The molecule has 0 aromatic heterocycles. The molecular weight excluding hydrogens is 498 g/mol. The Bertz CT molecular complexity index is 1270. The fraction of sp³-hybridized carbons (Fsp3) is 0.483. The van der Waals surface area contributed by atoms with Crippen LogP contribution in [0.2, 0.25) is 0 Å². The molecule has 206 valence electrons. The first-order valence-corrected chi connectivity index (χ1v) is 13.6. The van der Waals surface area contributed by atoms with Crippen LogP contribution in [0.4, 0.5) is 11.4 Å². The van der Waals surface area contributed by atoms with Crippen molar-refractivity contribution in [3.8, 4) is 0 Å². The Morgan fingerprint density at radius 2 is 1.67 bits per heavy atom. The highest BCUT2D eigenvalue weighted by atomic mass is 16.6. The number of nitro groups is 1. The Kier molecular flexibility index (Phi) is 7.29. The van der Waals surface area contributed by atoms with Crippen LogP contribution in [0.15, 0.2) is 48.5 Å². The first-order chi connectivity index (χ1) is 18.7. The van der Waals surface area contributed by atoms with E-state index in [1.807, 2.05) is 35.2 Å². The van der Waals surface area contributed by atoms with Crippen molar-refractivity contribution in [3.63, 3.8) is 0 Å². The van der Waals surface area contributed by atoms with Gasteiger partial charge in [-0.3, -0.25) is 24.5 Å². The van der Waals surface area contributed by atoms with Crippen LogP contribution in [-0.2, 0) is 9.59 Å². The van der Waals surface area contributed by atoms with E-state index in [0.717, 1.165) is 31.6 Å². The van der Waals surface area contributed by atoms with Gasteiger partial charge in [0.15, 0.2) is 0 Å². The maximum Gasteiger partial charge on any atom is 0.273 e. The molecule has 0 radical (unpaired) electrons. The molecule has 0 atom stereocenters. The van der Waals surface area contributed by atoms with Crippen molar-refractivity contribution in [2.75, 3.05) is 44.3 Å². The second-order valence-electron chi connectivity index (χ2n) is 11.1. The molecular formula is C29H35N5O5. The molecule has 39 heavy (non-hydrogen) atoms. The lowest BCUT2D eigenvalue weighted by molar-refractivity contribution is -0.385. The molecule has 10 heteroatoms. The van der Waals surface area contributed by atoms with Crippen molar-refractivity contribution < 1.29 is 19.3 Å². The Labute approximate surface area is 228 Å². The van der Waals surface area contributed by atoms with Gasteiger partial charge in [0.05, 0.1) is 11.6 Å². The van der Waals surface area contributed by atoms with Gasteiger partial charge in [-0.15, -0.1) is 0 Å². The van der Waals surface area contributed by atoms with Gasteiger partial charge >= 0.3 is 0 Å². The quantitative estimate of drug-likeness (QED) is 0.431. The van der Waals surface area contributed by atoms with Crippen LogP contribution >= 0.6 is 0 Å². The van der Waals surface area contributed by atoms with Crippen molar-refractivity contribution in [2.45, 2.75) is 45.1 Å². The first-order valence-electron chi connectivity index (χ1n) is 13.6. The van der Waals surface area contributed by atoms with Crippen molar-refractivity contribution in [3.05, 3.63) is 69.8 Å². The summed E-state index contributed by atoms with van der Waals surface area (Å²) >= 11 is 0. The summed E-state index contributed by atoms with van der Waals surface area (Å²) < 4.78 is 0. The van der Waals surface area contributed by atoms with E-state index < -0.39 is 10.5 Å². The summed E-state index contributed by atoms with van der Waals surface area (Å²) in [6.07, 6.45) is 2.78. The van der Waals surface area contributed by atoms with Crippen molar-refractivity contribution >= 4 is 29.1 Å². The summed E-state index contributed by atoms with van der Waals surface area (Å²) in [5.41, 5.74) is 0.733.